The SMILES string of the molecule is CC(C)NC(=O)c1ccc(C(=O)N2CCN(C/C=C/c3ccccc3)CC2)cc1. The van der Waals surface area contributed by atoms with Crippen LogP contribution in [0.2, 0.25) is 0 Å². The molecule has 0 aliphatic carbocycles. The molecule has 3 rings (SSSR count). The van der Waals surface area contributed by atoms with Gasteiger partial charge in [0.05, 0.1) is 0 Å². The van der Waals surface area contributed by atoms with Gasteiger partial charge >= 0.3 is 0 Å². The summed E-state index contributed by atoms with van der Waals surface area (Å²) in [7, 11) is 0. The average Bonchev–Trinajstić information content (AvgIpc) is 2.74. The fraction of sp³-hybridized carbons (Fsp3) is 0.333. The second kappa shape index (κ2) is 10.0. The maximum atomic E-state index is 12.8. The minimum Gasteiger partial charge on any atom is -0.350 e. The van der Waals surface area contributed by atoms with Crippen molar-refractivity contribution in [2.45, 2.75) is 19.9 Å². The number of carbonyl (C=O) groups is 2. The number of nitrogens with one attached hydrogen (secondary N) is 1. The maximum absolute atomic E-state index is 12.8. The molecule has 2 aromatic carbocycles. The second-order valence-corrected chi connectivity index (χ2v) is 7.61. The van der Waals surface area contributed by atoms with E-state index < -0.39 is 0 Å². The van der Waals surface area contributed by atoms with Crippen LogP contribution in [0.25, 0.3) is 6.08 Å². The van der Waals surface area contributed by atoms with Gasteiger partial charge in [0.25, 0.3) is 11.8 Å². The van der Waals surface area contributed by atoms with Crippen molar-refractivity contribution in [1.82, 2.24) is 15.1 Å². The Bertz CT molecular complexity index is 836. The van der Waals surface area contributed by atoms with E-state index >= 15 is 0 Å². The molecule has 1 aliphatic heterocycles. The van der Waals surface area contributed by atoms with Gasteiger partial charge in [-0.15, -0.1) is 0 Å². The molecule has 1 saturated heterocycles. The molecular weight excluding hydrogens is 362 g/mol. The fourth-order valence-corrected chi connectivity index (χ4v) is 3.33. The van der Waals surface area contributed by atoms with Crippen molar-refractivity contribution in [1.29, 1.82) is 0 Å². The number of nitrogens with zero attached hydrogens (tertiary/aromatic N) is 2. The van der Waals surface area contributed by atoms with E-state index in [4.69, 9.17) is 0 Å². The van der Waals surface area contributed by atoms with E-state index in [1.54, 1.807) is 24.3 Å². The van der Waals surface area contributed by atoms with Crippen molar-refractivity contribution >= 4 is 17.9 Å². The van der Waals surface area contributed by atoms with Crippen molar-refractivity contribution in [3.8, 4) is 0 Å². The number of amides is 2. The lowest BCUT2D eigenvalue weighted by molar-refractivity contribution is 0.0650. The van der Waals surface area contributed by atoms with Gasteiger partial charge in [0.1, 0.15) is 0 Å². The lowest BCUT2D eigenvalue weighted by Crippen LogP contribution is -2.48. The molecule has 29 heavy (non-hydrogen) atoms. The third-order valence-electron chi connectivity index (χ3n) is 4.95. The lowest BCUT2D eigenvalue weighted by atomic mass is 10.1. The molecule has 0 unspecified atom stereocenters. The molecule has 0 spiro atoms. The van der Waals surface area contributed by atoms with Crippen LogP contribution in [0.5, 0.6) is 0 Å². The van der Waals surface area contributed by atoms with E-state index in [-0.39, 0.29) is 17.9 Å². The summed E-state index contributed by atoms with van der Waals surface area (Å²) >= 11 is 0. The van der Waals surface area contributed by atoms with Crippen LogP contribution in [0.1, 0.15) is 40.1 Å². The Kier molecular flexibility index (Phi) is 7.19. The zero-order valence-corrected chi connectivity index (χ0v) is 17.2. The predicted molar refractivity (Wildman–Crippen MR) is 117 cm³/mol. The van der Waals surface area contributed by atoms with Gasteiger partial charge in [0.2, 0.25) is 0 Å². The number of piperazine rings is 1. The number of hydrogen-bond acceptors (Lipinski definition) is 3. The number of rotatable bonds is 6. The highest BCUT2D eigenvalue weighted by Gasteiger charge is 2.21. The molecule has 1 fully saturated rings. The first-order chi connectivity index (χ1) is 14.0. The van der Waals surface area contributed by atoms with Crippen LogP contribution >= 0.6 is 0 Å². The summed E-state index contributed by atoms with van der Waals surface area (Å²) in [6.45, 7) is 7.89. The third-order valence-corrected chi connectivity index (χ3v) is 4.95. The zero-order chi connectivity index (χ0) is 20.6. The molecule has 2 aromatic rings. The van der Waals surface area contributed by atoms with Crippen LogP contribution in [0.15, 0.2) is 60.7 Å². The Labute approximate surface area is 173 Å². The summed E-state index contributed by atoms with van der Waals surface area (Å²) in [5.41, 5.74) is 2.40. The largest absolute Gasteiger partial charge is 0.350 e. The van der Waals surface area contributed by atoms with Crippen LogP contribution in [-0.4, -0.2) is 60.4 Å². The smallest absolute Gasteiger partial charge is 0.253 e. The second-order valence-electron chi connectivity index (χ2n) is 7.61. The normalized spacial score (nSPS) is 15.1. The van der Waals surface area contributed by atoms with Gasteiger partial charge < -0.3 is 10.2 Å². The minimum atomic E-state index is -0.115. The molecule has 0 atom stereocenters. The average molecular weight is 392 g/mol. The molecule has 0 saturated carbocycles. The van der Waals surface area contributed by atoms with Crippen molar-refractivity contribution in [2.75, 3.05) is 32.7 Å². The zero-order valence-electron chi connectivity index (χ0n) is 17.2. The summed E-state index contributed by atoms with van der Waals surface area (Å²) in [6.07, 6.45) is 4.31. The first-order valence-electron chi connectivity index (χ1n) is 10.2. The Morgan fingerprint density at radius 2 is 1.55 bits per heavy atom. The maximum Gasteiger partial charge on any atom is 0.253 e. The molecule has 152 valence electrons. The summed E-state index contributed by atoms with van der Waals surface area (Å²) in [4.78, 5) is 29.0. The highest BCUT2D eigenvalue weighted by Crippen LogP contribution is 2.11. The van der Waals surface area contributed by atoms with Crippen LogP contribution < -0.4 is 5.32 Å². The molecule has 0 aromatic heterocycles. The lowest BCUT2D eigenvalue weighted by Gasteiger charge is -2.34. The number of hydrogen-bond donors (Lipinski definition) is 1. The van der Waals surface area contributed by atoms with Gasteiger partial charge in [-0.05, 0) is 43.7 Å². The highest BCUT2D eigenvalue weighted by molar-refractivity contribution is 5.98. The molecule has 0 bridgehead atoms. The molecule has 1 aliphatic rings. The van der Waals surface area contributed by atoms with E-state index in [0.717, 1.165) is 19.6 Å². The topological polar surface area (TPSA) is 52.7 Å². The Morgan fingerprint density at radius 1 is 0.931 bits per heavy atom. The molecule has 1 N–H and O–H groups in total. The highest BCUT2D eigenvalue weighted by atomic mass is 16.2. The summed E-state index contributed by atoms with van der Waals surface area (Å²) in [5, 5.41) is 2.86. The van der Waals surface area contributed by atoms with Crippen LogP contribution in [0.3, 0.4) is 0 Å². The first kappa shape index (κ1) is 20.8. The van der Waals surface area contributed by atoms with E-state index in [1.165, 1.54) is 5.56 Å². The van der Waals surface area contributed by atoms with Gasteiger partial charge in [-0.3, -0.25) is 14.5 Å². The standard InChI is InChI=1S/C24H29N3O2/c1-19(2)25-23(28)21-10-12-22(13-11-21)24(29)27-17-15-26(16-18-27)14-6-9-20-7-4-3-5-8-20/h3-13,19H,14-18H2,1-2H3,(H,25,28)/b9-6+. The quantitative estimate of drug-likeness (QED) is 0.822. The molecule has 2 amide bonds. The summed E-state index contributed by atoms with van der Waals surface area (Å²) in [5.74, 6) is -0.0866. The first-order valence-corrected chi connectivity index (χ1v) is 10.2. The van der Waals surface area contributed by atoms with Crippen LogP contribution in [0, 0.1) is 0 Å². The number of benzene rings is 2. The molecular formula is C24H29N3O2. The molecule has 5 heteroatoms. The van der Waals surface area contributed by atoms with Crippen molar-refractivity contribution in [3.63, 3.8) is 0 Å². The van der Waals surface area contributed by atoms with Crippen molar-refractivity contribution in [3.05, 3.63) is 77.4 Å². The van der Waals surface area contributed by atoms with Crippen LogP contribution in [-0.2, 0) is 0 Å². The van der Waals surface area contributed by atoms with Gasteiger partial charge in [-0.1, -0.05) is 42.5 Å². The van der Waals surface area contributed by atoms with E-state index in [9.17, 15) is 9.59 Å². The van der Waals surface area contributed by atoms with E-state index in [1.807, 2.05) is 36.9 Å². The fourth-order valence-electron chi connectivity index (χ4n) is 3.33. The Morgan fingerprint density at radius 3 is 2.17 bits per heavy atom. The number of carbonyl (C=O) groups excluding carboxylic acids is 2. The summed E-state index contributed by atoms with van der Waals surface area (Å²) < 4.78 is 0. The van der Waals surface area contributed by atoms with Crippen molar-refractivity contribution < 1.29 is 9.59 Å². The van der Waals surface area contributed by atoms with Crippen LogP contribution in [0.4, 0.5) is 0 Å². The van der Waals surface area contributed by atoms with E-state index in [0.29, 0.717) is 24.2 Å². The monoisotopic (exact) mass is 391 g/mol. The van der Waals surface area contributed by atoms with Crippen molar-refractivity contribution in [2.24, 2.45) is 0 Å². The van der Waals surface area contributed by atoms with Gasteiger partial charge in [0.15, 0.2) is 0 Å². The summed E-state index contributed by atoms with van der Waals surface area (Å²) in [6, 6.07) is 17.3. The van der Waals surface area contributed by atoms with Gasteiger partial charge in [-0.25, -0.2) is 0 Å². The predicted octanol–water partition coefficient (Wildman–Crippen LogP) is 3.30. The van der Waals surface area contributed by atoms with E-state index in [2.05, 4.69) is 34.5 Å². The Hall–Kier alpha value is -2.92. The third kappa shape index (κ3) is 6.03. The molecule has 1 heterocycles. The molecule has 0 radical (unpaired) electrons. The Balaban J connectivity index is 1.48. The molecule has 5 nitrogen and oxygen atoms in total. The minimum absolute atomic E-state index is 0.0281. The van der Waals surface area contributed by atoms with Gasteiger partial charge in [0, 0.05) is 49.9 Å². The van der Waals surface area contributed by atoms with Gasteiger partial charge in [-0.2, -0.15) is 0 Å².